The van der Waals surface area contributed by atoms with Crippen molar-refractivity contribution in [2.24, 2.45) is 0 Å². The minimum atomic E-state index is 0.285. The van der Waals surface area contributed by atoms with Gasteiger partial charge in [-0.05, 0) is 62.3 Å². The molecule has 0 radical (unpaired) electrons. The standard InChI is InChI=1S/C19H12Br2O/c20-12-9-17(19(22)18(21)10-12)15-7-3-6-14-13-5-2-1-4-11(13)8-16(14)15/h1-7,9-10,22H,8H2. The molecule has 0 bridgehead atoms. The summed E-state index contributed by atoms with van der Waals surface area (Å²) in [5.41, 5.74) is 7.14. The van der Waals surface area contributed by atoms with Crippen molar-refractivity contribution in [2.45, 2.75) is 6.42 Å². The van der Waals surface area contributed by atoms with E-state index in [1.54, 1.807) is 0 Å². The summed E-state index contributed by atoms with van der Waals surface area (Å²) in [6.07, 6.45) is 0.908. The van der Waals surface area contributed by atoms with Crippen LogP contribution < -0.4 is 0 Å². The van der Waals surface area contributed by atoms with Gasteiger partial charge in [-0.1, -0.05) is 58.4 Å². The van der Waals surface area contributed by atoms with Gasteiger partial charge in [0.1, 0.15) is 5.75 Å². The fraction of sp³-hybridized carbons (Fsp3) is 0.0526. The molecule has 0 atom stereocenters. The number of hydrogen-bond acceptors (Lipinski definition) is 1. The summed E-state index contributed by atoms with van der Waals surface area (Å²) in [5, 5.41) is 10.5. The van der Waals surface area contributed by atoms with Crippen molar-refractivity contribution in [1.29, 1.82) is 0 Å². The number of fused-ring (bicyclic) bond motifs is 3. The molecular weight excluding hydrogens is 404 g/mol. The summed E-state index contributed by atoms with van der Waals surface area (Å²) >= 11 is 6.94. The lowest BCUT2D eigenvalue weighted by Crippen LogP contribution is -1.89. The molecule has 3 aromatic carbocycles. The molecule has 0 amide bonds. The first-order valence-electron chi connectivity index (χ1n) is 7.03. The highest BCUT2D eigenvalue weighted by Gasteiger charge is 2.22. The molecule has 1 aliphatic rings. The van der Waals surface area contributed by atoms with E-state index in [-0.39, 0.29) is 5.75 Å². The molecule has 0 saturated carbocycles. The predicted molar refractivity (Wildman–Crippen MR) is 97.2 cm³/mol. The third-order valence-corrected chi connectivity index (χ3v) is 5.23. The second-order valence-corrected chi connectivity index (χ2v) is 7.22. The Morgan fingerprint density at radius 2 is 1.45 bits per heavy atom. The third-order valence-electron chi connectivity index (χ3n) is 4.17. The van der Waals surface area contributed by atoms with E-state index in [9.17, 15) is 5.11 Å². The number of benzene rings is 3. The highest BCUT2D eigenvalue weighted by Crippen LogP contribution is 2.45. The number of rotatable bonds is 1. The average molecular weight is 416 g/mol. The van der Waals surface area contributed by atoms with Crippen LogP contribution in [0.2, 0.25) is 0 Å². The average Bonchev–Trinajstić information content (AvgIpc) is 2.89. The fourth-order valence-corrected chi connectivity index (χ4v) is 4.41. The van der Waals surface area contributed by atoms with Crippen LogP contribution in [0.4, 0.5) is 0 Å². The Kier molecular flexibility index (Phi) is 3.35. The van der Waals surface area contributed by atoms with Crippen LogP contribution in [0.5, 0.6) is 5.75 Å². The van der Waals surface area contributed by atoms with Crippen LogP contribution in [0.1, 0.15) is 11.1 Å². The molecule has 1 nitrogen and oxygen atoms in total. The Morgan fingerprint density at radius 3 is 2.27 bits per heavy atom. The Balaban J connectivity index is 1.97. The van der Waals surface area contributed by atoms with Crippen molar-refractivity contribution in [1.82, 2.24) is 0 Å². The van der Waals surface area contributed by atoms with Crippen molar-refractivity contribution in [3.63, 3.8) is 0 Å². The van der Waals surface area contributed by atoms with Crippen molar-refractivity contribution >= 4 is 31.9 Å². The number of hydrogen-bond donors (Lipinski definition) is 1. The summed E-state index contributed by atoms with van der Waals surface area (Å²) in [6.45, 7) is 0. The molecule has 108 valence electrons. The molecule has 22 heavy (non-hydrogen) atoms. The van der Waals surface area contributed by atoms with E-state index in [0.717, 1.165) is 22.0 Å². The zero-order valence-corrected chi connectivity index (χ0v) is 14.8. The molecule has 3 heteroatoms. The van der Waals surface area contributed by atoms with Gasteiger partial charge in [0.05, 0.1) is 4.47 Å². The fourth-order valence-electron chi connectivity index (χ4n) is 3.18. The number of phenolic OH excluding ortho intramolecular Hbond substituents is 1. The summed E-state index contributed by atoms with van der Waals surface area (Å²) in [5.74, 6) is 0.285. The Hall–Kier alpha value is -1.58. The molecule has 0 fully saturated rings. The maximum absolute atomic E-state index is 10.5. The van der Waals surface area contributed by atoms with Crippen LogP contribution in [0, 0.1) is 0 Å². The van der Waals surface area contributed by atoms with Crippen LogP contribution in [0.15, 0.2) is 63.5 Å². The monoisotopic (exact) mass is 414 g/mol. The van der Waals surface area contributed by atoms with E-state index < -0.39 is 0 Å². The summed E-state index contributed by atoms with van der Waals surface area (Å²) in [6, 6.07) is 18.6. The molecule has 0 aromatic heterocycles. The van der Waals surface area contributed by atoms with E-state index in [1.165, 1.54) is 22.3 Å². The second kappa shape index (κ2) is 5.25. The van der Waals surface area contributed by atoms with Crippen molar-refractivity contribution in [2.75, 3.05) is 0 Å². The first-order chi connectivity index (χ1) is 10.6. The normalized spacial score (nSPS) is 12.1. The van der Waals surface area contributed by atoms with Gasteiger partial charge in [-0.3, -0.25) is 0 Å². The lowest BCUT2D eigenvalue weighted by atomic mass is 9.95. The summed E-state index contributed by atoms with van der Waals surface area (Å²) < 4.78 is 1.64. The molecular formula is C19H12Br2O. The quantitative estimate of drug-likeness (QED) is 0.395. The highest BCUT2D eigenvalue weighted by molar-refractivity contribution is 9.11. The largest absolute Gasteiger partial charge is 0.506 e. The van der Waals surface area contributed by atoms with Gasteiger partial charge in [0.25, 0.3) is 0 Å². The van der Waals surface area contributed by atoms with Crippen LogP contribution in [0.3, 0.4) is 0 Å². The maximum atomic E-state index is 10.5. The highest BCUT2D eigenvalue weighted by atomic mass is 79.9. The zero-order valence-electron chi connectivity index (χ0n) is 11.6. The first kappa shape index (κ1) is 14.0. The topological polar surface area (TPSA) is 20.2 Å². The van der Waals surface area contributed by atoms with Crippen LogP contribution in [0.25, 0.3) is 22.3 Å². The van der Waals surface area contributed by atoms with Gasteiger partial charge in [0.2, 0.25) is 0 Å². The van der Waals surface area contributed by atoms with E-state index in [1.807, 2.05) is 12.1 Å². The molecule has 1 aliphatic carbocycles. The van der Waals surface area contributed by atoms with E-state index >= 15 is 0 Å². The second-order valence-electron chi connectivity index (χ2n) is 5.45. The molecule has 4 rings (SSSR count). The van der Waals surface area contributed by atoms with Gasteiger partial charge in [0.15, 0.2) is 0 Å². The zero-order chi connectivity index (χ0) is 15.3. The van der Waals surface area contributed by atoms with E-state index in [2.05, 4.69) is 74.3 Å². The molecule has 0 spiro atoms. The minimum absolute atomic E-state index is 0.285. The van der Waals surface area contributed by atoms with Crippen LogP contribution in [-0.2, 0) is 6.42 Å². The molecule has 0 heterocycles. The van der Waals surface area contributed by atoms with E-state index in [0.29, 0.717) is 4.47 Å². The Morgan fingerprint density at radius 1 is 0.773 bits per heavy atom. The van der Waals surface area contributed by atoms with Gasteiger partial charge >= 0.3 is 0 Å². The van der Waals surface area contributed by atoms with E-state index in [4.69, 9.17) is 0 Å². The smallest absolute Gasteiger partial charge is 0.137 e. The molecule has 0 aliphatic heterocycles. The first-order valence-corrected chi connectivity index (χ1v) is 8.62. The van der Waals surface area contributed by atoms with Crippen molar-refractivity contribution in [3.05, 3.63) is 74.7 Å². The van der Waals surface area contributed by atoms with Gasteiger partial charge in [-0.2, -0.15) is 0 Å². The Labute approximate surface area is 145 Å². The lowest BCUT2D eigenvalue weighted by molar-refractivity contribution is 0.474. The lowest BCUT2D eigenvalue weighted by Gasteiger charge is -2.12. The Bertz CT molecular complexity index is 900. The number of aromatic hydroxyl groups is 1. The van der Waals surface area contributed by atoms with Gasteiger partial charge in [-0.25, -0.2) is 0 Å². The summed E-state index contributed by atoms with van der Waals surface area (Å²) in [7, 11) is 0. The number of halogens is 2. The van der Waals surface area contributed by atoms with Crippen molar-refractivity contribution in [3.8, 4) is 28.0 Å². The minimum Gasteiger partial charge on any atom is -0.506 e. The molecule has 0 saturated heterocycles. The summed E-state index contributed by atoms with van der Waals surface area (Å²) in [4.78, 5) is 0. The molecule has 1 N–H and O–H groups in total. The molecule has 0 unspecified atom stereocenters. The van der Waals surface area contributed by atoms with Crippen LogP contribution in [-0.4, -0.2) is 5.11 Å². The van der Waals surface area contributed by atoms with Crippen LogP contribution >= 0.6 is 31.9 Å². The third kappa shape index (κ3) is 2.11. The predicted octanol–water partition coefficient (Wildman–Crippen LogP) is 6.16. The van der Waals surface area contributed by atoms with Crippen molar-refractivity contribution < 1.29 is 5.11 Å². The van der Waals surface area contributed by atoms with Gasteiger partial charge in [0, 0.05) is 10.0 Å². The SMILES string of the molecule is Oc1c(Br)cc(Br)cc1-c1cccc2c1Cc1ccccc1-2. The number of phenols is 1. The van der Waals surface area contributed by atoms with Gasteiger partial charge in [-0.15, -0.1) is 0 Å². The van der Waals surface area contributed by atoms with Gasteiger partial charge < -0.3 is 5.11 Å². The maximum Gasteiger partial charge on any atom is 0.137 e. The molecule has 3 aromatic rings.